The number of rotatable bonds is 6. The summed E-state index contributed by atoms with van der Waals surface area (Å²) in [6, 6.07) is 0. The average Bonchev–Trinajstić information content (AvgIpc) is 3.13. The third-order valence-corrected chi connectivity index (χ3v) is 11.5. The maximum atomic E-state index is 12.4. The number of fused-ring (bicyclic) bond motifs is 5. The minimum atomic E-state index is -0.155. The Hall–Kier alpha value is -0.570. The summed E-state index contributed by atoms with van der Waals surface area (Å²) >= 11 is 0. The van der Waals surface area contributed by atoms with Gasteiger partial charge in [0.05, 0.1) is 12.0 Å². The first-order chi connectivity index (χ1) is 15.2. The van der Waals surface area contributed by atoms with Crippen molar-refractivity contribution < 1.29 is 14.6 Å². The van der Waals surface area contributed by atoms with Crippen molar-refractivity contribution in [1.82, 2.24) is 0 Å². The van der Waals surface area contributed by atoms with E-state index in [-0.39, 0.29) is 29.5 Å². The first-order valence-electron chi connectivity index (χ1n) is 14.0. The van der Waals surface area contributed by atoms with Gasteiger partial charge < -0.3 is 9.84 Å². The molecule has 4 aliphatic rings. The van der Waals surface area contributed by atoms with Gasteiger partial charge in [0.25, 0.3) is 0 Å². The fraction of sp³-hybridized carbons (Fsp3) is 0.966. The van der Waals surface area contributed by atoms with E-state index < -0.39 is 0 Å². The number of carbonyl (C=O) groups is 1. The number of aliphatic hydroxyl groups excluding tert-OH is 1. The van der Waals surface area contributed by atoms with E-state index in [1.165, 1.54) is 38.5 Å². The van der Waals surface area contributed by atoms with Crippen LogP contribution in [0.5, 0.6) is 0 Å². The predicted octanol–water partition coefficient (Wildman–Crippen LogP) is 7.01. The summed E-state index contributed by atoms with van der Waals surface area (Å²) in [7, 11) is 0. The molecule has 0 aromatic carbocycles. The first-order valence-corrected chi connectivity index (χ1v) is 14.0. The van der Waals surface area contributed by atoms with E-state index in [4.69, 9.17) is 4.74 Å². The molecule has 11 unspecified atom stereocenters. The van der Waals surface area contributed by atoms with Gasteiger partial charge in [-0.2, -0.15) is 0 Å². The third kappa shape index (κ3) is 3.87. The molecule has 0 saturated heterocycles. The Kier molecular flexibility index (Phi) is 7.08. The molecule has 0 aromatic heterocycles. The molecule has 0 heterocycles. The minimum Gasteiger partial charge on any atom is -0.462 e. The zero-order valence-corrected chi connectivity index (χ0v) is 21.7. The number of hydrogen-bond donors (Lipinski definition) is 1. The SMILES string of the molecule is CCCC(C)C1CCC2C3CCC4CC(OC(=O)C(C)CC)CCC4(C)C3CC(O)C12C. The number of carbonyl (C=O) groups excluding carboxylic acids is 1. The highest BCUT2D eigenvalue weighted by Crippen LogP contribution is 2.68. The van der Waals surface area contributed by atoms with Gasteiger partial charge in [0.2, 0.25) is 0 Å². The van der Waals surface area contributed by atoms with Crippen molar-refractivity contribution in [3.63, 3.8) is 0 Å². The Labute approximate surface area is 197 Å². The molecule has 0 aliphatic heterocycles. The second kappa shape index (κ2) is 9.23. The van der Waals surface area contributed by atoms with Crippen molar-refractivity contribution in [2.24, 2.45) is 52.3 Å². The average molecular weight is 447 g/mol. The minimum absolute atomic E-state index is 0.00293. The smallest absolute Gasteiger partial charge is 0.308 e. The van der Waals surface area contributed by atoms with Crippen molar-refractivity contribution in [3.8, 4) is 0 Å². The number of aliphatic hydroxyl groups is 1. The Balaban J connectivity index is 1.49. The zero-order valence-electron chi connectivity index (χ0n) is 21.7. The molecule has 0 amide bonds. The van der Waals surface area contributed by atoms with Crippen LogP contribution in [0.3, 0.4) is 0 Å². The standard InChI is InChI=1S/C29H50O3/c1-7-9-19(4)23-12-13-24-22-11-10-20-16-21(32-27(31)18(3)8-2)14-15-28(20,5)25(22)17-26(30)29(23,24)6/h18-26,30H,7-17H2,1-6H3. The summed E-state index contributed by atoms with van der Waals surface area (Å²) in [5, 5.41) is 11.7. The van der Waals surface area contributed by atoms with Crippen molar-refractivity contribution in [3.05, 3.63) is 0 Å². The lowest BCUT2D eigenvalue weighted by Gasteiger charge is -2.62. The van der Waals surface area contributed by atoms with Crippen LogP contribution in [-0.4, -0.2) is 23.3 Å². The van der Waals surface area contributed by atoms with Crippen LogP contribution in [0.4, 0.5) is 0 Å². The fourth-order valence-corrected chi connectivity index (χ4v) is 9.35. The molecule has 3 nitrogen and oxygen atoms in total. The van der Waals surface area contributed by atoms with Crippen LogP contribution in [-0.2, 0) is 9.53 Å². The maximum absolute atomic E-state index is 12.4. The number of hydrogen-bond acceptors (Lipinski definition) is 3. The molecule has 4 rings (SSSR count). The predicted molar refractivity (Wildman–Crippen MR) is 130 cm³/mol. The largest absolute Gasteiger partial charge is 0.462 e. The van der Waals surface area contributed by atoms with Gasteiger partial charge >= 0.3 is 5.97 Å². The molecule has 0 spiro atoms. The highest BCUT2D eigenvalue weighted by molar-refractivity contribution is 5.72. The highest BCUT2D eigenvalue weighted by atomic mass is 16.5. The van der Waals surface area contributed by atoms with Crippen LogP contribution in [0.25, 0.3) is 0 Å². The number of ether oxygens (including phenoxy) is 1. The molecule has 4 aliphatic carbocycles. The monoisotopic (exact) mass is 446 g/mol. The zero-order chi connectivity index (χ0) is 23.3. The lowest BCUT2D eigenvalue weighted by Crippen LogP contribution is -2.59. The molecule has 0 radical (unpaired) electrons. The molecular formula is C29H50O3. The molecule has 4 saturated carbocycles. The van der Waals surface area contributed by atoms with Crippen LogP contribution < -0.4 is 0 Å². The molecule has 3 heteroatoms. The van der Waals surface area contributed by atoms with E-state index in [1.807, 2.05) is 6.92 Å². The van der Waals surface area contributed by atoms with Crippen LogP contribution in [0.2, 0.25) is 0 Å². The molecule has 0 bridgehead atoms. The van der Waals surface area contributed by atoms with E-state index >= 15 is 0 Å². The Morgan fingerprint density at radius 1 is 1.03 bits per heavy atom. The van der Waals surface area contributed by atoms with E-state index in [0.29, 0.717) is 29.1 Å². The van der Waals surface area contributed by atoms with Gasteiger partial charge in [-0.05, 0) is 104 Å². The summed E-state index contributed by atoms with van der Waals surface area (Å²) in [6.45, 7) is 13.8. The van der Waals surface area contributed by atoms with E-state index in [0.717, 1.165) is 43.9 Å². The third-order valence-electron chi connectivity index (χ3n) is 11.5. The first kappa shape index (κ1) is 24.6. The summed E-state index contributed by atoms with van der Waals surface area (Å²) in [5.74, 6) is 4.17. The second-order valence-corrected chi connectivity index (χ2v) is 12.9. The van der Waals surface area contributed by atoms with Gasteiger partial charge in [-0.15, -0.1) is 0 Å². The van der Waals surface area contributed by atoms with Crippen LogP contribution in [0, 0.1) is 52.3 Å². The Bertz CT molecular complexity index is 675. The lowest BCUT2D eigenvalue weighted by molar-refractivity contribution is -0.183. The Morgan fingerprint density at radius 2 is 1.78 bits per heavy atom. The quantitative estimate of drug-likeness (QED) is 0.446. The van der Waals surface area contributed by atoms with Crippen molar-refractivity contribution in [1.29, 1.82) is 0 Å². The van der Waals surface area contributed by atoms with Crippen LogP contribution in [0.15, 0.2) is 0 Å². The molecule has 1 N–H and O–H groups in total. The maximum Gasteiger partial charge on any atom is 0.308 e. The van der Waals surface area contributed by atoms with E-state index in [9.17, 15) is 9.90 Å². The number of esters is 1. The van der Waals surface area contributed by atoms with Crippen molar-refractivity contribution >= 4 is 5.97 Å². The second-order valence-electron chi connectivity index (χ2n) is 12.9. The van der Waals surface area contributed by atoms with Crippen molar-refractivity contribution in [2.75, 3.05) is 0 Å². The summed E-state index contributed by atoms with van der Waals surface area (Å²) in [4.78, 5) is 12.4. The highest BCUT2D eigenvalue weighted by Gasteiger charge is 2.63. The fourth-order valence-electron chi connectivity index (χ4n) is 9.35. The van der Waals surface area contributed by atoms with Gasteiger partial charge in [0, 0.05) is 0 Å². The van der Waals surface area contributed by atoms with Gasteiger partial charge in [-0.3, -0.25) is 4.79 Å². The lowest BCUT2D eigenvalue weighted by atomic mass is 9.43. The van der Waals surface area contributed by atoms with E-state index in [1.54, 1.807) is 0 Å². The van der Waals surface area contributed by atoms with Crippen molar-refractivity contribution in [2.45, 2.75) is 124 Å². The van der Waals surface area contributed by atoms with Gasteiger partial charge in [0.15, 0.2) is 0 Å². The molecule has 11 atom stereocenters. The molecule has 32 heavy (non-hydrogen) atoms. The van der Waals surface area contributed by atoms with E-state index in [2.05, 4.69) is 34.6 Å². The van der Waals surface area contributed by atoms with Crippen LogP contribution in [0.1, 0.15) is 112 Å². The van der Waals surface area contributed by atoms with Gasteiger partial charge in [-0.25, -0.2) is 0 Å². The topological polar surface area (TPSA) is 46.5 Å². The molecular weight excluding hydrogens is 396 g/mol. The summed E-state index contributed by atoms with van der Waals surface area (Å²) < 4.78 is 5.96. The van der Waals surface area contributed by atoms with Crippen LogP contribution >= 0.6 is 0 Å². The molecule has 4 fully saturated rings. The molecule has 184 valence electrons. The normalized spacial score (nSPS) is 47.7. The van der Waals surface area contributed by atoms with Gasteiger partial charge in [0.1, 0.15) is 6.10 Å². The Morgan fingerprint density at radius 3 is 2.47 bits per heavy atom. The van der Waals surface area contributed by atoms with Gasteiger partial charge in [-0.1, -0.05) is 54.4 Å². The molecule has 0 aromatic rings. The summed E-state index contributed by atoms with van der Waals surface area (Å²) in [5.41, 5.74) is 0.416. The summed E-state index contributed by atoms with van der Waals surface area (Å²) in [6.07, 6.45) is 12.8.